The van der Waals surface area contributed by atoms with Crippen molar-refractivity contribution in [1.82, 2.24) is 10.2 Å². The maximum absolute atomic E-state index is 12.2. The zero-order chi connectivity index (χ0) is 20.2. The molecule has 0 bridgehead atoms. The largest absolute Gasteiger partial charge is 0.493 e. The molecule has 1 aliphatic rings. The van der Waals surface area contributed by atoms with Gasteiger partial charge in [-0.25, -0.2) is 4.79 Å². The highest BCUT2D eigenvalue weighted by Crippen LogP contribution is 2.27. The maximum Gasteiger partial charge on any atom is 0.326 e. The molecule has 1 saturated heterocycles. The molecule has 0 radical (unpaired) electrons. The molecule has 0 aromatic heterocycles. The van der Waals surface area contributed by atoms with Crippen molar-refractivity contribution in [3.8, 4) is 11.5 Å². The van der Waals surface area contributed by atoms with E-state index in [1.807, 2.05) is 0 Å². The molecule has 146 valence electrons. The Hall–Kier alpha value is -3.10. The van der Waals surface area contributed by atoms with Crippen LogP contribution in [0, 0.1) is 0 Å². The van der Waals surface area contributed by atoms with Gasteiger partial charge in [-0.15, -0.1) is 0 Å². The van der Waals surface area contributed by atoms with Crippen molar-refractivity contribution in [2.45, 2.75) is 25.8 Å². The summed E-state index contributed by atoms with van der Waals surface area (Å²) in [5.74, 6) is -0.984. The SMILES string of the molecule is CC[C@@]1(C)NC(=O)N(CC(=O)OCC(=O)c2ccc(OC)c(OC)c2)C1=O. The molecule has 1 atom stereocenters. The minimum atomic E-state index is -1.03. The van der Waals surface area contributed by atoms with Crippen molar-refractivity contribution in [3.05, 3.63) is 23.8 Å². The van der Waals surface area contributed by atoms with Gasteiger partial charge in [-0.2, -0.15) is 0 Å². The smallest absolute Gasteiger partial charge is 0.326 e. The fraction of sp³-hybridized carbons (Fsp3) is 0.444. The number of hydrogen-bond acceptors (Lipinski definition) is 7. The molecule has 1 aromatic carbocycles. The van der Waals surface area contributed by atoms with Crippen LogP contribution in [0.1, 0.15) is 30.6 Å². The van der Waals surface area contributed by atoms with Gasteiger partial charge < -0.3 is 19.5 Å². The second kappa shape index (κ2) is 8.07. The number of esters is 1. The van der Waals surface area contributed by atoms with Gasteiger partial charge >= 0.3 is 12.0 Å². The van der Waals surface area contributed by atoms with Crippen LogP contribution in [-0.4, -0.2) is 61.5 Å². The van der Waals surface area contributed by atoms with E-state index in [1.54, 1.807) is 19.9 Å². The summed E-state index contributed by atoms with van der Waals surface area (Å²) in [5.41, 5.74) is -0.763. The number of urea groups is 1. The highest BCUT2D eigenvalue weighted by atomic mass is 16.5. The number of amides is 3. The Morgan fingerprint density at radius 1 is 1.15 bits per heavy atom. The van der Waals surface area contributed by atoms with E-state index in [0.717, 1.165) is 4.90 Å². The molecule has 1 fully saturated rings. The summed E-state index contributed by atoms with van der Waals surface area (Å²) < 4.78 is 15.1. The van der Waals surface area contributed by atoms with E-state index < -0.39 is 42.4 Å². The lowest BCUT2D eigenvalue weighted by atomic mass is 9.99. The summed E-state index contributed by atoms with van der Waals surface area (Å²) in [6.07, 6.45) is 0.390. The van der Waals surface area contributed by atoms with Gasteiger partial charge in [0.2, 0.25) is 0 Å². The van der Waals surface area contributed by atoms with E-state index in [0.29, 0.717) is 17.9 Å². The number of nitrogens with one attached hydrogen (secondary N) is 1. The summed E-state index contributed by atoms with van der Waals surface area (Å²) in [5, 5.41) is 2.54. The Kier molecular flexibility index (Phi) is 6.04. The van der Waals surface area contributed by atoms with E-state index in [4.69, 9.17) is 14.2 Å². The van der Waals surface area contributed by atoms with Gasteiger partial charge in [0, 0.05) is 5.56 Å². The van der Waals surface area contributed by atoms with Crippen molar-refractivity contribution >= 4 is 23.7 Å². The monoisotopic (exact) mass is 378 g/mol. The van der Waals surface area contributed by atoms with Crippen LogP contribution in [0.25, 0.3) is 0 Å². The van der Waals surface area contributed by atoms with Crippen LogP contribution in [0.3, 0.4) is 0 Å². The molecule has 3 amide bonds. The molecular weight excluding hydrogens is 356 g/mol. The first-order valence-corrected chi connectivity index (χ1v) is 8.30. The highest BCUT2D eigenvalue weighted by molar-refractivity contribution is 6.08. The molecule has 1 N–H and O–H groups in total. The number of carbonyl (C=O) groups excluding carboxylic acids is 4. The number of ketones is 1. The third-order valence-electron chi connectivity index (χ3n) is 4.41. The first-order chi connectivity index (χ1) is 12.8. The van der Waals surface area contributed by atoms with Crippen molar-refractivity contribution in [2.75, 3.05) is 27.4 Å². The molecule has 9 heteroatoms. The zero-order valence-corrected chi connectivity index (χ0v) is 15.7. The normalized spacial score (nSPS) is 18.9. The lowest BCUT2D eigenvalue weighted by Gasteiger charge is -2.18. The number of carbonyl (C=O) groups is 4. The molecule has 0 aliphatic carbocycles. The number of nitrogens with zero attached hydrogens (tertiary/aromatic N) is 1. The Balaban J connectivity index is 1.95. The number of ether oxygens (including phenoxy) is 3. The summed E-state index contributed by atoms with van der Waals surface area (Å²) in [4.78, 5) is 49.1. The summed E-state index contributed by atoms with van der Waals surface area (Å²) in [7, 11) is 2.91. The molecule has 0 unspecified atom stereocenters. The Morgan fingerprint density at radius 2 is 1.81 bits per heavy atom. The van der Waals surface area contributed by atoms with E-state index in [9.17, 15) is 19.2 Å². The molecule has 1 aromatic rings. The molecule has 1 aliphatic heterocycles. The fourth-order valence-electron chi connectivity index (χ4n) is 2.54. The third-order valence-corrected chi connectivity index (χ3v) is 4.41. The quantitative estimate of drug-likeness (QED) is 0.410. The van der Waals surface area contributed by atoms with Crippen LogP contribution in [0.15, 0.2) is 18.2 Å². The lowest BCUT2D eigenvalue weighted by Crippen LogP contribution is -2.43. The number of imide groups is 1. The predicted octanol–water partition coefficient (Wildman–Crippen LogP) is 1.15. The molecule has 2 rings (SSSR count). The van der Waals surface area contributed by atoms with Crippen molar-refractivity contribution in [3.63, 3.8) is 0 Å². The predicted molar refractivity (Wildman–Crippen MR) is 93.8 cm³/mol. The lowest BCUT2D eigenvalue weighted by molar-refractivity contribution is -0.146. The molecule has 1 heterocycles. The van der Waals surface area contributed by atoms with Crippen LogP contribution >= 0.6 is 0 Å². The van der Waals surface area contributed by atoms with E-state index in [2.05, 4.69) is 5.32 Å². The van der Waals surface area contributed by atoms with Crippen LogP contribution in [0.2, 0.25) is 0 Å². The van der Waals surface area contributed by atoms with Gasteiger partial charge in [0.15, 0.2) is 23.9 Å². The highest BCUT2D eigenvalue weighted by Gasteiger charge is 2.47. The van der Waals surface area contributed by atoms with Gasteiger partial charge in [-0.3, -0.25) is 19.3 Å². The van der Waals surface area contributed by atoms with Crippen molar-refractivity contribution in [1.29, 1.82) is 0 Å². The van der Waals surface area contributed by atoms with Gasteiger partial charge in [0.1, 0.15) is 12.1 Å². The number of methoxy groups -OCH3 is 2. The topological polar surface area (TPSA) is 111 Å². The zero-order valence-electron chi connectivity index (χ0n) is 15.7. The Bertz CT molecular complexity index is 777. The van der Waals surface area contributed by atoms with Crippen LogP contribution in [0.4, 0.5) is 4.79 Å². The Labute approximate surface area is 156 Å². The number of benzene rings is 1. The van der Waals surface area contributed by atoms with Crippen molar-refractivity contribution in [2.24, 2.45) is 0 Å². The van der Waals surface area contributed by atoms with Crippen LogP contribution in [0.5, 0.6) is 11.5 Å². The molecule has 0 saturated carbocycles. The van der Waals surface area contributed by atoms with Gasteiger partial charge in [-0.05, 0) is 31.5 Å². The van der Waals surface area contributed by atoms with Gasteiger partial charge in [0.25, 0.3) is 5.91 Å². The number of Topliss-reactive ketones (excluding diaryl/α,β-unsaturated/α-hetero) is 1. The average Bonchev–Trinajstić information content (AvgIpc) is 2.89. The van der Waals surface area contributed by atoms with Crippen molar-refractivity contribution < 1.29 is 33.4 Å². The van der Waals surface area contributed by atoms with Gasteiger partial charge in [-0.1, -0.05) is 6.92 Å². The molecule has 0 spiro atoms. The van der Waals surface area contributed by atoms with Gasteiger partial charge in [0.05, 0.1) is 14.2 Å². The second-order valence-electron chi connectivity index (χ2n) is 6.16. The number of hydrogen-bond donors (Lipinski definition) is 1. The number of rotatable bonds is 8. The average molecular weight is 378 g/mol. The minimum absolute atomic E-state index is 0.272. The Morgan fingerprint density at radius 3 is 2.37 bits per heavy atom. The molecule has 9 nitrogen and oxygen atoms in total. The minimum Gasteiger partial charge on any atom is -0.493 e. The first kappa shape index (κ1) is 20.2. The first-order valence-electron chi connectivity index (χ1n) is 8.30. The molecular formula is C18H22N2O7. The second-order valence-corrected chi connectivity index (χ2v) is 6.16. The van der Waals surface area contributed by atoms with E-state index in [1.165, 1.54) is 26.4 Å². The van der Waals surface area contributed by atoms with Crippen LogP contribution < -0.4 is 14.8 Å². The standard InChI is InChI=1S/C18H22N2O7/c1-5-18(2)16(23)20(17(24)19-18)9-15(22)27-10-12(21)11-6-7-13(25-3)14(8-11)26-4/h6-8H,5,9-10H2,1-4H3,(H,19,24)/t18-/m1/s1. The third kappa shape index (κ3) is 4.18. The van der Waals surface area contributed by atoms with E-state index >= 15 is 0 Å². The fourth-order valence-corrected chi connectivity index (χ4v) is 2.54. The summed E-state index contributed by atoms with van der Waals surface area (Å²) in [6.45, 7) is 2.25. The van der Waals surface area contributed by atoms with E-state index in [-0.39, 0.29) is 5.56 Å². The maximum atomic E-state index is 12.2. The summed E-state index contributed by atoms with van der Waals surface area (Å²) in [6, 6.07) is 3.89. The summed E-state index contributed by atoms with van der Waals surface area (Å²) >= 11 is 0. The molecule has 27 heavy (non-hydrogen) atoms. The van der Waals surface area contributed by atoms with Crippen LogP contribution in [-0.2, 0) is 14.3 Å².